The molecule has 1 spiro atoms. The minimum atomic E-state index is -0.570. The summed E-state index contributed by atoms with van der Waals surface area (Å²) in [5.74, 6) is -0.631. The fourth-order valence-electron chi connectivity index (χ4n) is 3.05. The van der Waals surface area contributed by atoms with Crippen LogP contribution in [0.4, 0.5) is 0 Å². The largest absolute Gasteiger partial charge is 0.481 e. The second kappa shape index (κ2) is 3.29. The maximum atomic E-state index is 11.1. The Kier molecular flexibility index (Phi) is 2.28. The Balaban J connectivity index is 2.13. The summed E-state index contributed by atoms with van der Waals surface area (Å²) >= 11 is 0. The first-order valence-electron chi connectivity index (χ1n) is 5.18. The van der Waals surface area contributed by atoms with Crippen molar-refractivity contribution < 1.29 is 9.90 Å². The van der Waals surface area contributed by atoms with Crippen molar-refractivity contribution in [3.8, 4) is 0 Å². The minimum absolute atomic E-state index is 0.0606. The number of carboxylic acids is 1. The summed E-state index contributed by atoms with van der Waals surface area (Å²) in [6.45, 7) is 2.01. The van der Waals surface area contributed by atoms with Crippen LogP contribution in [0.25, 0.3) is 0 Å². The maximum Gasteiger partial charge on any atom is 0.307 e. The lowest BCUT2D eigenvalue weighted by Gasteiger charge is -2.37. The van der Waals surface area contributed by atoms with E-state index in [-0.39, 0.29) is 11.3 Å². The summed E-state index contributed by atoms with van der Waals surface area (Å²) in [6.07, 6.45) is 5.26. The van der Waals surface area contributed by atoms with E-state index in [9.17, 15) is 4.79 Å². The van der Waals surface area contributed by atoms with Crippen molar-refractivity contribution in [3.05, 3.63) is 0 Å². The summed E-state index contributed by atoms with van der Waals surface area (Å²) in [7, 11) is 0. The van der Waals surface area contributed by atoms with E-state index in [1.54, 1.807) is 0 Å². The van der Waals surface area contributed by atoms with Gasteiger partial charge in [-0.25, -0.2) is 0 Å². The Morgan fingerprint density at radius 3 is 2.62 bits per heavy atom. The van der Waals surface area contributed by atoms with Gasteiger partial charge in [-0.15, -0.1) is 0 Å². The molecule has 3 nitrogen and oxygen atoms in total. The summed E-state index contributed by atoms with van der Waals surface area (Å²) < 4.78 is 0. The van der Waals surface area contributed by atoms with E-state index in [4.69, 9.17) is 5.11 Å². The molecule has 2 N–H and O–H groups in total. The monoisotopic (exact) mass is 183 g/mol. The van der Waals surface area contributed by atoms with E-state index >= 15 is 0 Å². The first-order valence-corrected chi connectivity index (χ1v) is 5.18. The lowest BCUT2D eigenvalue weighted by Crippen LogP contribution is -2.41. The molecule has 2 fully saturated rings. The highest BCUT2D eigenvalue weighted by Gasteiger charge is 2.46. The van der Waals surface area contributed by atoms with Crippen LogP contribution in [-0.2, 0) is 4.79 Å². The van der Waals surface area contributed by atoms with Crippen LogP contribution in [0, 0.1) is 11.3 Å². The third-order valence-electron chi connectivity index (χ3n) is 3.80. The molecule has 1 aliphatic carbocycles. The van der Waals surface area contributed by atoms with E-state index in [1.165, 1.54) is 0 Å². The average Bonchev–Trinajstić information content (AvgIpc) is 2.50. The Bertz CT molecular complexity index is 209. The quantitative estimate of drug-likeness (QED) is 0.643. The summed E-state index contributed by atoms with van der Waals surface area (Å²) in [6, 6.07) is 0. The molecule has 0 amide bonds. The summed E-state index contributed by atoms with van der Waals surface area (Å²) in [5.41, 5.74) is 0.150. The van der Waals surface area contributed by atoms with Gasteiger partial charge in [0.05, 0.1) is 5.92 Å². The molecule has 1 heterocycles. The van der Waals surface area contributed by atoms with Crippen LogP contribution >= 0.6 is 0 Å². The molecule has 3 heteroatoms. The van der Waals surface area contributed by atoms with Crippen molar-refractivity contribution in [1.29, 1.82) is 0 Å². The molecular formula is C10H17NO2. The number of carboxylic acid groups (broad SMARTS) is 1. The van der Waals surface area contributed by atoms with E-state index < -0.39 is 5.97 Å². The van der Waals surface area contributed by atoms with Gasteiger partial charge in [0.25, 0.3) is 0 Å². The minimum Gasteiger partial charge on any atom is -0.481 e. The fraction of sp³-hybridized carbons (Fsp3) is 0.900. The molecule has 0 aromatic rings. The van der Waals surface area contributed by atoms with Gasteiger partial charge in [0.1, 0.15) is 0 Å². The first kappa shape index (κ1) is 9.00. The number of carbonyl (C=O) groups is 1. The predicted molar refractivity (Wildman–Crippen MR) is 49.5 cm³/mol. The van der Waals surface area contributed by atoms with Crippen molar-refractivity contribution in [3.63, 3.8) is 0 Å². The van der Waals surface area contributed by atoms with Gasteiger partial charge in [0.2, 0.25) is 0 Å². The SMILES string of the molecule is O=C(O)C1CCCC12CCNCC2. The Morgan fingerprint density at radius 1 is 1.31 bits per heavy atom. The number of aliphatic carboxylic acids is 1. The molecule has 13 heavy (non-hydrogen) atoms. The number of rotatable bonds is 1. The van der Waals surface area contributed by atoms with Crippen molar-refractivity contribution in [2.75, 3.05) is 13.1 Å². The summed E-state index contributed by atoms with van der Waals surface area (Å²) in [4.78, 5) is 11.1. The van der Waals surface area contributed by atoms with Crippen molar-refractivity contribution >= 4 is 5.97 Å². The number of piperidine rings is 1. The lowest BCUT2D eigenvalue weighted by molar-refractivity contribution is -0.146. The number of hydrogen-bond acceptors (Lipinski definition) is 2. The van der Waals surface area contributed by atoms with Gasteiger partial charge in [0.15, 0.2) is 0 Å². The molecular weight excluding hydrogens is 166 g/mol. The second-order valence-electron chi connectivity index (χ2n) is 4.40. The zero-order valence-electron chi connectivity index (χ0n) is 7.88. The molecule has 2 rings (SSSR count). The normalized spacial score (nSPS) is 32.2. The first-order chi connectivity index (χ1) is 6.25. The standard InChI is InChI=1S/C10H17NO2/c12-9(13)8-2-1-3-10(8)4-6-11-7-5-10/h8,11H,1-7H2,(H,12,13). The highest BCUT2D eigenvalue weighted by molar-refractivity contribution is 5.71. The molecule has 0 bridgehead atoms. The van der Waals surface area contributed by atoms with Gasteiger partial charge in [-0.3, -0.25) is 4.79 Å². The van der Waals surface area contributed by atoms with Gasteiger partial charge in [-0.2, -0.15) is 0 Å². The van der Waals surface area contributed by atoms with Crippen LogP contribution in [0.5, 0.6) is 0 Å². The van der Waals surface area contributed by atoms with Crippen LogP contribution in [0.2, 0.25) is 0 Å². The molecule has 1 aliphatic heterocycles. The molecule has 74 valence electrons. The molecule has 1 atom stereocenters. The van der Waals surface area contributed by atoms with E-state index in [1.807, 2.05) is 0 Å². The zero-order chi connectivity index (χ0) is 9.31. The van der Waals surface area contributed by atoms with Crippen LogP contribution in [0.15, 0.2) is 0 Å². The smallest absolute Gasteiger partial charge is 0.307 e. The maximum absolute atomic E-state index is 11.1. The third kappa shape index (κ3) is 1.46. The molecule has 1 saturated carbocycles. The molecule has 0 aromatic carbocycles. The van der Waals surface area contributed by atoms with Crippen LogP contribution in [-0.4, -0.2) is 24.2 Å². The molecule has 0 radical (unpaired) electrons. The van der Waals surface area contributed by atoms with Gasteiger partial charge in [-0.05, 0) is 44.2 Å². The van der Waals surface area contributed by atoms with E-state index in [2.05, 4.69) is 5.32 Å². The third-order valence-corrected chi connectivity index (χ3v) is 3.80. The van der Waals surface area contributed by atoms with Crippen molar-refractivity contribution in [1.82, 2.24) is 5.32 Å². The van der Waals surface area contributed by atoms with Gasteiger partial charge >= 0.3 is 5.97 Å². The number of nitrogens with one attached hydrogen (secondary N) is 1. The predicted octanol–water partition coefficient (Wildman–Crippen LogP) is 1.24. The van der Waals surface area contributed by atoms with Gasteiger partial charge < -0.3 is 10.4 Å². The van der Waals surface area contributed by atoms with Crippen LogP contribution < -0.4 is 5.32 Å². The van der Waals surface area contributed by atoms with E-state index in [0.29, 0.717) is 0 Å². The van der Waals surface area contributed by atoms with E-state index in [0.717, 1.165) is 45.2 Å². The Morgan fingerprint density at radius 2 is 2.00 bits per heavy atom. The second-order valence-corrected chi connectivity index (χ2v) is 4.40. The lowest BCUT2D eigenvalue weighted by atomic mass is 9.71. The van der Waals surface area contributed by atoms with Crippen molar-refractivity contribution in [2.45, 2.75) is 32.1 Å². The summed E-state index contributed by atoms with van der Waals surface area (Å²) in [5, 5.41) is 12.4. The Labute approximate surface area is 78.5 Å². The van der Waals surface area contributed by atoms with Crippen LogP contribution in [0.1, 0.15) is 32.1 Å². The topological polar surface area (TPSA) is 49.3 Å². The highest BCUT2D eigenvalue weighted by Crippen LogP contribution is 2.49. The fourth-order valence-corrected chi connectivity index (χ4v) is 3.05. The van der Waals surface area contributed by atoms with Gasteiger partial charge in [0, 0.05) is 0 Å². The average molecular weight is 183 g/mol. The van der Waals surface area contributed by atoms with Gasteiger partial charge in [-0.1, -0.05) is 6.42 Å². The zero-order valence-corrected chi connectivity index (χ0v) is 7.88. The highest BCUT2D eigenvalue weighted by atomic mass is 16.4. The Hall–Kier alpha value is -0.570. The van der Waals surface area contributed by atoms with Crippen molar-refractivity contribution in [2.24, 2.45) is 11.3 Å². The molecule has 0 aromatic heterocycles. The number of hydrogen-bond donors (Lipinski definition) is 2. The van der Waals surface area contributed by atoms with Crippen LogP contribution in [0.3, 0.4) is 0 Å². The molecule has 2 aliphatic rings. The molecule has 1 unspecified atom stereocenters. The molecule has 1 saturated heterocycles.